The summed E-state index contributed by atoms with van der Waals surface area (Å²) in [5.41, 5.74) is 2.08. The molecule has 0 saturated carbocycles. The molecular weight excluding hydrogens is 316 g/mol. The molecule has 0 unspecified atom stereocenters. The van der Waals surface area contributed by atoms with Gasteiger partial charge in [-0.2, -0.15) is 9.40 Å². The van der Waals surface area contributed by atoms with Gasteiger partial charge in [-0.1, -0.05) is 0 Å². The van der Waals surface area contributed by atoms with E-state index in [1.807, 2.05) is 24.6 Å². The van der Waals surface area contributed by atoms with Gasteiger partial charge in [0.05, 0.1) is 24.0 Å². The molecule has 2 aliphatic heterocycles. The minimum atomic E-state index is -3.22. The average molecular weight is 340 g/mol. The third-order valence-electron chi connectivity index (χ3n) is 4.65. The van der Waals surface area contributed by atoms with E-state index in [9.17, 15) is 13.2 Å². The molecule has 7 nitrogen and oxygen atoms in total. The van der Waals surface area contributed by atoms with Gasteiger partial charge in [-0.15, -0.1) is 0 Å². The van der Waals surface area contributed by atoms with Crippen molar-refractivity contribution in [1.29, 1.82) is 0 Å². The third kappa shape index (κ3) is 3.42. The van der Waals surface area contributed by atoms with Crippen LogP contribution in [-0.2, 0) is 14.8 Å². The monoisotopic (exact) mass is 340 g/mol. The summed E-state index contributed by atoms with van der Waals surface area (Å²) in [6.07, 6.45) is 2.53. The van der Waals surface area contributed by atoms with Gasteiger partial charge in [0, 0.05) is 25.3 Å². The van der Waals surface area contributed by atoms with E-state index in [4.69, 9.17) is 0 Å². The molecule has 1 amide bonds. The van der Waals surface area contributed by atoms with Crippen molar-refractivity contribution in [2.75, 3.05) is 31.9 Å². The summed E-state index contributed by atoms with van der Waals surface area (Å²) >= 11 is 0. The summed E-state index contributed by atoms with van der Waals surface area (Å²) in [4.78, 5) is 14.3. The van der Waals surface area contributed by atoms with Crippen molar-refractivity contribution >= 4 is 15.9 Å². The Morgan fingerprint density at radius 2 is 2.09 bits per heavy atom. The fourth-order valence-corrected chi connectivity index (χ4v) is 4.98. The van der Waals surface area contributed by atoms with E-state index in [1.54, 1.807) is 4.90 Å². The number of hydrogen-bond acceptors (Lipinski definition) is 4. The van der Waals surface area contributed by atoms with Crippen LogP contribution in [0.15, 0.2) is 6.07 Å². The fraction of sp³-hybridized carbons (Fsp3) is 0.733. The Hall–Kier alpha value is -1.41. The van der Waals surface area contributed by atoms with Crippen LogP contribution in [0.4, 0.5) is 0 Å². The molecule has 128 valence electrons. The van der Waals surface area contributed by atoms with Crippen molar-refractivity contribution in [3.8, 4) is 0 Å². The highest BCUT2D eigenvalue weighted by atomic mass is 32.2. The lowest BCUT2D eigenvalue weighted by Crippen LogP contribution is -2.46. The molecule has 23 heavy (non-hydrogen) atoms. The molecule has 0 bridgehead atoms. The number of piperidine rings is 1. The zero-order chi connectivity index (χ0) is 16.6. The van der Waals surface area contributed by atoms with E-state index in [-0.39, 0.29) is 24.2 Å². The quantitative estimate of drug-likeness (QED) is 0.812. The minimum Gasteiger partial charge on any atom is -0.339 e. The molecule has 2 saturated heterocycles. The second-order valence-electron chi connectivity index (χ2n) is 6.51. The fourth-order valence-electron chi connectivity index (χ4n) is 3.52. The summed E-state index contributed by atoms with van der Waals surface area (Å²) < 4.78 is 27.0. The molecule has 2 aliphatic rings. The number of hydrogen-bond donors (Lipinski definition) is 0. The number of rotatable bonds is 3. The number of aryl methyl sites for hydroxylation is 2. The molecule has 0 aliphatic carbocycles. The van der Waals surface area contributed by atoms with Gasteiger partial charge in [-0.3, -0.25) is 9.48 Å². The van der Waals surface area contributed by atoms with Gasteiger partial charge >= 0.3 is 0 Å². The van der Waals surface area contributed by atoms with Gasteiger partial charge in [-0.25, -0.2) is 8.42 Å². The van der Waals surface area contributed by atoms with E-state index >= 15 is 0 Å². The molecule has 3 heterocycles. The first kappa shape index (κ1) is 16.4. The average Bonchev–Trinajstić information content (AvgIpc) is 3.01. The van der Waals surface area contributed by atoms with Crippen molar-refractivity contribution in [2.24, 2.45) is 0 Å². The van der Waals surface area contributed by atoms with Gasteiger partial charge in [0.25, 0.3) is 0 Å². The Morgan fingerprint density at radius 1 is 1.30 bits per heavy atom. The molecule has 0 radical (unpaired) electrons. The number of sulfonamides is 1. The summed E-state index contributed by atoms with van der Waals surface area (Å²) in [7, 11) is -3.22. The SMILES string of the molecule is Cc1cc(C)n([C@@H]2CCCN(C(=O)CN3CCCS3(=O)=O)C2)n1. The largest absolute Gasteiger partial charge is 0.339 e. The van der Waals surface area contributed by atoms with E-state index in [0.717, 1.165) is 24.2 Å². The van der Waals surface area contributed by atoms with Gasteiger partial charge < -0.3 is 4.90 Å². The van der Waals surface area contributed by atoms with Gasteiger partial charge in [-0.05, 0) is 39.2 Å². The molecule has 0 aromatic carbocycles. The summed E-state index contributed by atoms with van der Waals surface area (Å²) in [5, 5.41) is 4.53. The van der Waals surface area contributed by atoms with E-state index in [2.05, 4.69) is 5.10 Å². The minimum absolute atomic E-state index is 0.0217. The molecular formula is C15H24N4O3S. The lowest BCUT2D eigenvalue weighted by Gasteiger charge is -2.34. The van der Waals surface area contributed by atoms with Crippen LogP contribution < -0.4 is 0 Å². The van der Waals surface area contributed by atoms with E-state index < -0.39 is 10.0 Å². The predicted molar refractivity (Wildman–Crippen MR) is 86.5 cm³/mol. The van der Waals surface area contributed by atoms with Crippen LogP contribution in [0.25, 0.3) is 0 Å². The molecule has 1 aromatic rings. The maximum Gasteiger partial charge on any atom is 0.237 e. The first-order valence-corrected chi connectivity index (χ1v) is 9.76. The van der Waals surface area contributed by atoms with Crippen molar-refractivity contribution in [3.63, 3.8) is 0 Å². The van der Waals surface area contributed by atoms with E-state index in [0.29, 0.717) is 26.1 Å². The molecule has 2 fully saturated rings. The smallest absolute Gasteiger partial charge is 0.237 e. The van der Waals surface area contributed by atoms with Crippen LogP contribution in [0, 0.1) is 13.8 Å². The zero-order valence-electron chi connectivity index (χ0n) is 13.7. The first-order valence-electron chi connectivity index (χ1n) is 8.15. The highest BCUT2D eigenvalue weighted by Gasteiger charge is 2.33. The molecule has 1 aromatic heterocycles. The molecule has 0 N–H and O–H groups in total. The Kier molecular flexibility index (Phi) is 4.46. The second kappa shape index (κ2) is 6.24. The van der Waals surface area contributed by atoms with Crippen LogP contribution >= 0.6 is 0 Å². The van der Waals surface area contributed by atoms with Gasteiger partial charge in [0.15, 0.2) is 0 Å². The van der Waals surface area contributed by atoms with E-state index in [1.165, 1.54) is 4.31 Å². The molecule has 8 heteroatoms. The number of carbonyl (C=O) groups excluding carboxylic acids is 1. The van der Waals surface area contributed by atoms with Crippen LogP contribution in [0.2, 0.25) is 0 Å². The lowest BCUT2D eigenvalue weighted by molar-refractivity contribution is -0.133. The number of carbonyl (C=O) groups is 1. The second-order valence-corrected chi connectivity index (χ2v) is 8.60. The normalized spacial score (nSPS) is 25.0. The third-order valence-corrected chi connectivity index (χ3v) is 6.56. The van der Waals surface area contributed by atoms with Gasteiger partial charge in [0.2, 0.25) is 15.9 Å². The lowest BCUT2D eigenvalue weighted by atomic mass is 10.1. The Morgan fingerprint density at radius 3 is 2.70 bits per heavy atom. The Bertz CT molecular complexity index is 698. The first-order chi connectivity index (χ1) is 10.9. The van der Waals surface area contributed by atoms with Crippen LogP contribution in [0.5, 0.6) is 0 Å². The Balaban J connectivity index is 1.66. The van der Waals surface area contributed by atoms with Crippen molar-refractivity contribution < 1.29 is 13.2 Å². The summed E-state index contributed by atoms with van der Waals surface area (Å²) in [6, 6.07) is 2.22. The number of aromatic nitrogens is 2. The maximum absolute atomic E-state index is 12.5. The summed E-state index contributed by atoms with van der Waals surface area (Å²) in [5.74, 6) is 0.0657. The predicted octanol–water partition coefficient (Wildman–Crippen LogP) is 0.699. The van der Waals surface area contributed by atoms with Crippen molar-refractivity contribution in [2.45, 2.75) is 39.2 Å². The van der Waals surface area contributed by atoms with Crippen molar-refractivity contribution in [1.82, 2.24) is 19.0 Å². The molecule has 3 rings (SSSR count). The highest BCUT2D eigenvalue weighted by Crippen LogP contribution is 2.23. The summed E-state index contributed by atoms with van der Waals surface area (Å²) in [6.45, 7) is 5.73. The van der Waals surface area contributed by atoms with Crippen molar-refractivity contribution in [3.05, 3.63) is 17.5 Å². The number of amides is 1. The number of likely N-dealkylation sites (tertiary alicyclic amines) is 1. The van der Waals surface area contributed by atoms with Gasteiger partial charge in [0.1, 0.15) is 0 Å². The number of nitrogens with zero attached hydrogens (tertiary/aromatic N) is 4. The van der Waals surface area contributed by atoms with Crippen LogP contribution in [0.3, 0.4) is 0 Å². The standard InChI is InChI=1S/C15H24N4O3S/c1-12-9-13(2)19(16-12)14-5-3-6-17(10-14)15(20)11-18-7-4-8-23(18,21)22/h9,14H,3-8,10-11H2,1-2H3/t14-/m1/s1. The van der Waals surface area contributed by atoms with Crippen LogP contribution in [0.1, 0.15) is 36.7 Å². The van der Waals surface area contributed by atoms with Crippen LogP contribution in [-0.4, -0.2) is 65.2 Å². The maximum atomic E-state index is 12.5. The highest BCUT2D eigenvalue weighted by molar-refractivity contribution is 7.89. The topological polar surface area (TPSA) is 75.5 Å². The zero-order valence-corrected chi connectivity index (χ0v) is 14.5. The molecule has 1 atom stereocenters. The molecule has 0 spiro atoms. The Labute approximate surface area is 137 Å².